The van der Waals surface area contributed by atoms with E-state index in [0.717, 1.165) is 5.56 Å². The normalized spacial score (nSPS) is 14.7. The third-order valence-electron chi connectivity index (χ3n) is 6.00. The number of nitrogens with two attached hydrogens (primary N) is 1. The number of carbonyl (C=O) groups is 3. The maximum Gasteiger partial charge on any atom is 0.307 e. The molecule has 0 aliphatic carbocycles. The highest BCUT2D eigenvalue weighted by Crippen LogP contribution is 2.32. The van der Waals surface area contributed by atoms with E-state index in [9.17, 15) is 14.4 Å². The molecule has 0 spiro atoms. The third-order valence-corrected chi connectivity index (χ3v) is 6.00. The molecule has 0 bridgehead atoms. The first-order valence-corrected chi connectivity index (χ1v) is 12.0. The molecule has 0 saturated carbocycles. The SMILES string of the molecule is C=CCN1C(=O)CN(CCC(=O)OCC)C(=O)c2cc(OC(C=C)(Cc3ccccc3)C(=N)N)ccc21. The van der Waals surface area contributed by atoms with Crippen molar-refractivity contribution in [3.63, 3.8) is 0 Å². The van der Waals surface area contributed by atoms with Crippen LogP contribution in [0.15, 0.2) is 73.8 Å². The molecule has 2 aromatic carbocycles. The van der Waals surface area contributed by atoms with Crippen LogP contribution >= 0.6 is 0 Å². The summed E-state index contributed by atoms with van der Waals surface area (Å²) < 4.78 is 11.2. The Kier molecular flexibility index (Phi) is 8.84. The van der Waals surface area contributed by atoms with Crippen LogP contribution in [0.4, 0.5) is 5.69 Å². The maximum absolute atomic E-state index is 13.5. The lowest BCUT2D eigenvalue weighted by molar-refractivity contribution is -0.143. The summed E-state index contributed by atoms with van der Waals surface area (Å²) in [4.78, 5) is 41.2. The quantitative estimate of drug-likeness (QED) is 0.198. The van der Waals surface area contributed by atoms with Crippen LogP contribution in [0.25, 0.3) is 0 Å². The molecule has 9 heteroatoms. The first kappa shape index (κ1) is 27.2. The van der Waals surface area contributed by atoms with Crippen molar-refractivity contribution in [2.24, 2.45) is 5.73 Å². The summed E-state index contributed by atoms with van der Waals surface area (Å²) in [6.45, 7) is 9.52. The summed E-state index contributed by atoms with van der Waals surface area (Å²) in [6.07, 6.45) is 3.25. The molecule has 37 heavy (non-hydrogen) atoms. The van der Waals surface area contributed by atoms with E-state index in [0.29, 0.717) is 5.69 Å². The second-order valence-corrected chi connectivity index (χ2v) is 8.53. The first-order valence-electron chi connectivity index (χ1n) is 12.0. The van der Waals surface area contributed by atoms with Gasteiger partial charge in [-0.05, 0) is 36.8 Å². The number of amides is 2. The summed E-state index contributed by atoms with van der Waals surface area (Å²) in [7, 11) is 0. The molecular weight excluding hydrogens is 472 g/mol. The maximum atomic E-state index is 13.5. The zero-order valence-electron chi connectivity index (χ0n) is 20.9. The monoisotopic (exact) mass is 504 g/mol. The van der Waals surface area contributed by atoms with Gasteiger partial charge in [-0.2, -0.15) is 0 Å². The Bertz CT molecular complexity index is 1200. The minimum atomic E-state index is -1.36. The number of anilines is 1. The molecule has 1 unspecified atom stereocenters. The summed E-state index contributed by atoms with van der Waals surface area (Å²) in [5.41, 5.74) is 6.11. The van der Waals surface area contributed by atoms with Crippen LogP contribution < -0.4 is 15.4 Å². The van der Waals surface area contributed by atoms with Gasteiger partial charge in [0.15, 0.2) is 5.60 Å². The lowest BCUT2D eigenvalue weighted by Gasteiger charge is -2.31. The number of fused-ring (bicyclic) bond motifs is 1. The van der Waals surface area contributed by atoms with Gasteiger partial charge in [-0.25, -0.2) is 0 Å². The van der Waals surface area contributed by atoms with Gasteiger partial charge in [-0.3, -0.25) is 19.8 Å². The lowest BCUT2D eigenvalue weighted by Crippen LogP contribution is -2.48. The average molecular weight is 505 g/mol. The number of esters is 1. The molecule has 0 saturated heterocycles. The van der Waals surface area contributed by atoms with Gasteiger partial charge in [0, 0.05) is 19.5 Å². The van der Waals surface area contributed by atoms with Gasteiger partial charge in [0.2, 0.25) is 5.91 Å². The predicted molar refractivity (Wildman–Crippen MR) is 142 cm³/mol. The predicted octanol–water partition coefficient (Wildman–Crippen LogP) is 3.10. The smallest absolute Gasteiger partial charge is 0.307 e. The van der Waals surface area contributed by atoms with E-state index in [4.69, 9.17) is 20.6 Å². The summed E-state index contributed by atoms with van der Waals surface area (Å²) >= 11 is 0. The van der Waals surface area contributed by atoms with E-state index in [2.05, 4.69) is 13.2 Å². The molecule has 1 aliphatic rings. The van der Waals surface area contributed by atoms with E-state index >= 15 is 0 Å². The van der Waals surface area contributed by atoms with Gasteiger partial charge in [-0.15, -0.1) is 6.58 Å². The molecule has 3 rings (SSSR count). The van der Waals surface area contributed by atoms with Crippen LogP contribution in [0.3, 0.4) is 0 Å². The Hall–Kier alpha value is -4.40. The average Bonchev–Trinajstić information content (AvgIpc) is 2.98. The van der Waals surface area contributed by atoms with E-state index in [-0.39, 0.29) is 62.1 Å². The number of hydrogen-bond acceptors (Lipinski definition) is 6. The fraction of sp³-hybridized carbons (Fsp3) is 0.286. The molecule has 2 amide bonds. The van der Waals surface area contributed by atoms with E-state index in [1.165, 1.54) is 21.9 Å². The summed E-state index contributed by atoms with van der Waals surface area (Å²) in [6, 6.07) is 14.2. The minimum absolute atomic E-state index is 0.0217. The number of carbonyl (C=O) groups excluding carboxylic acids is 3. The van der Waals surface area contributed by atoms with E-state index in [1.807, 2.05) is 30.3 Å². The van der Waals surface area contributed by atoms with Gasteiger partial charge >= 0.3 is 5.97 Å². The Balaban J connectivity index is 1.99. The highest BCUT2D eigenvalue weighted by Gasteiger charge is 2.35. The van der Waals surface area contributed by atoms with Crippen LogP contribution in [0.1, 0.15) is 29.3 Å². The number of rotatable bonds is 12. The molecule has 0 fully saturated rings. The van der Waals surface area contributed by atoms with E-state index < -0.39 is 17.5 Å². The summed E-state index contributed by atoms with van der Waals surface area (Å²) in [5, 5.41) is 8.23. The highest BCUT2D eigenvalue weighted by molar-refractivity contribution is 6.10. The van der Waals surface area contributed by atoms with Crippen molar-refractivity contribution in [2.45, 2.75) is 25.4 Å². The molecule has 1 aliphatic heterocycles. The number of hydrogen-bond donors (Lipinski definition) is 2. The van der Waals surface area contributed by atoms with Gasteiger partial charge in [0.1, 0.15) is 18.1 Å². The van der Waals surface area contributed by atoms with Crippen LogP contribution in [0, 0.1) is 5.41 Å². The van der Waals surface area contributed by atoms with Crippen LogP contribution in [-0.4, -0.2) is 60.4 Å². The fourth-order valence-corrected chi connectivity index (χ4v) is 4.10. The standard InChI is InChI=1S/C28H32N4O5/c1-4-15-32-23-13-12-21(37-28(5-2,27(29)30)18-20-10-8-7-9-11-20)17-22(23)26(35)31(19-24(32)33)16-14-25(34)36-6-3/h4-5,7-13,17H,1-2,6,14-16,18-19H2,3H3,(H3,29,30). The molecule has 1 heterocycles. The molecule has 3 N–H and O–H groups in total. The number of amidine groups is 1. The Labute approximate surface area is 216 Å². The lowest BCUT2D eigenvalue weighted by atomic mass is 9.93. The van der Waals surface area contributed by atoms with Gasteiger partial charge in [0.05, 0.1) is 24.3 Å². The van der Waals surface area contributed by atoms with Crippen LogP contribution in [0.5, 0.6) is 5.75 Å². The second kappa shape index (κ2) is 12.0. The molecule has 1 atom stereocenters. The van der Waals surface area contributed by atoms with Crippen LogP contribution in [-0.2, 0) is 20.7 Å². The molecule has 9 nitrogen and oxygen atoms in total. The van der Waals surface area contributed by atoms with Crippen molar-refractivity contribution < 1.29 is 23.9 Å². The van der Waals surface area contributed by atoms with Gasteiger partial charge in [-0.1, -0.05) is 43.0 Å². The summed E-state index contributed by atoms with van der Waals surface area (Å²) in [5.74, 6) is -1.16. The molecule has 0 radical (unpaired) electrons. The fourth-order valence-electron chi connectivity index (χ4n) is 4.10. The van der Waals surface area contributed by atoms with Crippen molar-refractivity contribution in [3.05, 3.63) is 85.0 Å². The van der Waals surface area contributed by atoms with E-state index in [1.54, 1.807) is 25.1 Å². The van der Waals surface area contributed by atoms with Crippen LogP contribution in [0.2, 0.25) is 0 Å². The third kappa shape index (κ3) is 6.24. The Morgan fingerprint density at radius 2 is 1.92 bits per heavy atom. The zero-order valence-corrected chi connectivity index (χ0v) is 20.9. The number of nitrogens with zero attached hydrogens (tertiary/aromatic N) is 2. The largest absolute Gasteiger partial charge is 0.475 e. The highest BCUT2D eigenvalue weighted by atomic mass is 16.5. The number of ether oxygens (including phenoxy) is 2. The van der Waals surface area contributed by atoms with Crippen molar-refractivity contribution in [3.8, 4) is 5.75 Å². The molecule has 0 aromatic heterocycles. The number of nitrogens with one attached hydrogen (secondary N) is 1. The number of benzene rings is 2. The van der Waals surface area contributed by atoms with Crippen molar-refractivity contribution in [1.82, 2.24) is 4.90 Å². The topological polar surface area (TPSA) is 126 Å². The van der Waals surface area contributed by atoms with Crippen molar-refractivity contribution in [1.29, 1.82) is 5.41 Å². The molecule has 194 valence electrons. The Morgan fingerprint density at radius 1 is 1.19 bits per heavy atom. The van der Waals surface area contributed by atoms with Crippen molar-refractivity contribution >= 4 is 29.3 Å². The van der Waals surface area contributed by atoms with Crippen molar-refractivity contribution in [2.75, 3.05) is 31.1 Å². The first-order chi connectivity index (χ1) is 17.7. The molecule has 2 aromatic rings. The molecular formula is C28H32N4O5. The second-order valence-electron chi connectivity index (χ2n) is 8.53. The Morgan fingerprint density at radius 3 is 2.54 bits per heavy atom. The minimum Gasteiger partial charge on any atom is -0.475 e. The van der Waals surface area contributed by atoms with Gasteiger partial charge in [0.25, 0.3) is 5.91 Å². The van der Waals surface area contributed by atoms with Gasteiger partial charge < -0.3 is 25.0 Å². The zero-order chi connectivity index (χ0) is 27.0.